The number of nitro benzene ring substituents is 1. The maximum atomic E-state index is 12.2. The zero-order valence-corrected chi connectivity index (χ0v) is 12.5. The molecule has 0 bridgehead atoms. The molecule has 1 unspecified atom stereocenters. The van der Waals surface area contributed by atoms with Crippen molar-refractivity contribution in [3.63, 3.8) is 0 Å². The number of amides is 1. The van der Waals surface area contributed by atoms with E-state index in [1.165, 1.54) is 12.1 Å². The average Bonchev–Trinajstić information content (AvgIpc) is 2.49. The van der Waals surface area contributed by atoms with Crippen LogP contribution in [-0.2, 0) is 4.74 Å². The van der Waals surface area contributed by atoms with Crippen LogP contribution in [0.3, 0.4) is 0 Å². The molecule has 0 fully saturated rings. The molecule has 1 aromatic carbocycles. The van der Waals surface area contributed by atoms with Crippen molar-refractivity contribution in [1.82, 2.24) is 5.32 Å². The van der Waals surface area contributed by atoms with E-state index >= 15 is 0 Å². The molecule has 1 aromatic rings. The fourth-order valence-electron chi connectivity index (χ4n) is 1.66. The minimum atomic E-state index is -0.516. The quantitative estimate of drug-likeness (QED) is 0.566. The Morgan fingerprint density at radius 1 is 1.48 bits per heavy atom. The summed E-state index contributed by atoms with van der Waals surface area (Å²) in [5.41, 5.74) is 0.743. The van der Waals surface area contributed by atoms with Crippen molar-refractivity contribution in [2.45, 2.75) is 26.4 Å². The van der Waals surface area contributed by atoms with E-state index in [2.05, 4.69) is 10.6 Å². The lowest BCUT2D eigenvalue weighted by Gasteiger charge is -2.14. The molecule has 0 aliphatic heterocycles. The molecule has 0 spiro atoms. The van der Waals surface area contributed by atoms with E-state index in [-0.39, 0.29) is 23.3 Å². The predicted octanol–water partition coefficient (Wildman–Crippen LogP) is 2.18. The first-order valence-corrected chi connectivity index (χ1v) is 6.82. The van der Waals surface area contributed by atoms with Gasteiger partial charge in [-0.05, 0) is 19.4 Å². The summed E-state index contributed by atoms with van der Waals surface area (Å²) < 4.78 is 5.05. The third kappa shape index (κ3) is 5.03. The summed E-state index contributed by atoms with van der Waals surface area (Å²) in [6.45, 7) is 4.85. The Labute approximate surface area is 123 Å². The van der Waals surface area contributed by atoms with Crippen LogP contribution in [0.2, 0.25) is 0 Å². The first-order valence-electron chi connectivity index (χ1n) is 6.82. The van der Waals surface area contributed by atoms with Gasteiger partial charge >= 0.3 is 0 Å². The first-order chi connectivity index (χ1) is 9.99. The van der Waals surface area contributed by atoms with Crippen molar-refractivity contribution in [1.29, 1.82) is 0 Å². The van der Waals surface area contributed by atoms with Crippen LogP contribution in [0.15, 0.2) is 18.2 Å². The molecule has 116 valence electrons. The number of nitro groups is 1. The van der Waals surface area contributed by atoms with Gasteiger partial charge in [-0.25, -0.2) is 0 Å². The molecule has 0 aliphatic rings. The smallest absolute Gasteiger partial charge is 0.270 e. The highest BCUT2D eigenvalue weighted by Crippen LogP contribution is 2.22. The standard InChI is InChI=1S/C14H21N3O4/c1-4-7-15-13-6-5-11(17(19)20)8-12(13)14(18)16-9-10(2)21-3/h5-6,8,10,15H,4,7,9H2,1-3H3,(H,16,18). The van der Waals surface area contributed by atoms with Crippen LogP contribution >= 0.6 is 0 Å². The largest absolute Gasteiger partial charge is 0.384 e. The number of hydrogen-bond acceptors (Lipinski definition) is 5. The fourth-order valence-corrected chi connectivity index (χ4v) is 1.66. The Hall–Kier alpha value is -2.15. The van der Waals surface area contributed by atoms with Gasteiger partial charge in [0.05, 0.1) is 16.6 Å². The maximum Gasteiger partial charge on any atom is 0.270 e. The normalized spacial score (nSPS) is 11.8. The van der Waals surface area contributed by atoms with Crippen LogP contribution in [0.25, 0.3) is 0 Å². The van der Waals surface area contributed by atoms with Crippen LogP contribution in [0.1, 0.15) is 30.6 Å². The minimum Gasteiger partial charge on any atom is -0.384 e. The average molecular weight is 295 g/mol. The number of hydrogen-bond donors (Lipinski definition) is 2. The third-order valence-electron chi connectivity index (χ3n) is 2.98. The highest BCUT2D eigenvalue weighted by atomic mass is 16.6. The van der Waals surface area contributed by atoms with Gasteiger partial charge in [-0.2, -0.15) is 0 Å². The van der Waals surface area contributed by atoms with Gasteiger partial charge in [0.15, 0.2) is 0 Å². The molecule has 0 saturated heterocycles. The van der Waals surface area contributed by atoms with Crippen molar-refractivity contribution in [3.05, 3.63) is 33.9 Å². The molecule has 0 aliphatic carbocycles. The number of carbonyl (C=O) groups is 1. The summed E-state index contributed by atoms with van der Waals surface area (Å²) in [7, 11) is 1.55. The number of rotatable bonds is 8. The molecular formula is C14H21N3O4. The molecule has 0 aromatic heterocycles. The number of anilines is 1. The van der Waals surface area contributed by atoms with E-state index < -0.39 is 4.92 Å². The maximum absolute atomic E-state index is 12.2. The topological polar surface area (TPSA) is 93.5 Å². The summed E-state index contributed by atoms with van der Waals surface area (Å²) in [5, 5.41) is 16.6. The van der Waals surface area contributed by atoms with Gasteiger partial charge in [-0.3, -0.25) is 14.9 Å². The second kappa shape index (κ2) is 8.21. The SMILES string of the molecule is CCCNc1ccc([N+](=O)[O-])cc1C(=O)NCC(C)OC. The van der Waals surface area contributed by atoms with Gasteiger partial charge in [0.25, 0.3) is 11.6 Å². The van der Waals surface area contributed by atoms with Gasteiger partial charge in [0, 0.05) is 38.0 Å². The van der Waals surface area contributed by atoms with E-state index in [4.69, 9.17) is 4.74 Å². The molecule has 1 amide bonds. The van der Waals surface area contributed by atoms with Gasteiger partial charge in [0.1, 0.15) is 0 Å². The Morgan fingerprint density at radius 3 is 2.76 bits per heavy atom. The second-order valence-corrected chi connectivity index (χ2v) is 4.67. The van der Waals surface area contributed by atoms with Crippen molar-refractivity contribution in [2.24, 2.45) is 0 Å². The summed E-state index contributed by atoms with van der Waals surface area (Å²) in [6.07, 6.45) is 0.762. The molecule has 7 heteroatoms. The lowest BCUT2D eigenvalue weighted by atomic mass is 10.1. The Bertz CT molecular complexity index is 505. The van der Waals surface area contributed by atoms with E-state index in [0.29, 0.717) is 18.8 Å². The van der Waals surface area contributed by atoms with Crippen molar-refractivity contribution >= 4 is 17.3 Å². The molecule has 0 radical (unpaired) electrons. The third-order valence-corrected chi connectivity index (χ3v) is 2.98. The molecule has 21 heavy (non-hydrogen) atoms. The molecule has 0 saturated carbocycles. The summed E-state index contributed by atoms with van der Waals surface area (Å²) in [5.74, 6) is -0.360. The molecule has 7 nitrogen and oxygen atoms in total. The highest BCUT2D eigenvalue weighted by Gasteiger charge is 2.17. The van der Waals surface area contributed by atoms with Crippen LogP contribution < -0.4 is 10.6 Å². The highest BCUT2D eigenvalue weighted by molar-refractivity contribution is 6.00. The Kier molecular flexibility index (Phi) is 6.61. The Balaban J connectivity index is 2.95. The van der Waals surface area contributed by atoms with Gasteiger partial charge in [-0.1, -0.05) is 6.92 Å². The van der Waals surface area contributed by atoms with Crippen LogP contribution in [-0.4, -0.2) is 37.1 Å². The van der Waals surface area contributed by atoms with Crippen molar-refractivity contribution < 1.29 is 14.5 Å². The monoisotopic (exact) mass is 295 g/mol. The molecule has 0 heterocycles. The fraction of sp³-hybridized carbons (Fsp3) is 0.500. The van der Waals surface area contributed by atoms with Crippen molar-refractivity contribution in [2.75, 3.05) is 25.5 Å². The molecule has 1 atom stereocenters. The zero-order valence-electron chi connectivity index (χ0n) is 12.5. The number of methoxy groups -OCH3 is 1. The predicted molar refractivity (Wildman–Crippen MR) is 80.7 cm³/mol. The van der Waals surface area contributed by atoms with Gasteiger partial charge in [-0.15, -0.1) is 0 Å². The second-order valence-electron chi connectivity index (χ2n) is 4.67. The van der Waals surface area contributed by atoms with E-state index in [1.54, 1.807) is 13.2 Å². The number of nitrogens with zero attached hydrogens (tertiary/aromatic N) is 1. The van der Waals surface area contributed by atoms with E-state index in [0.717, 1.165) is 6.42 Å². The number of non-ortho nitro benzene ring substituents is 1. The number of nitrogens with one attached hydrogen (secondary N) is 2. The summed E-state index contributed by atoms with van der Waals surface area (Å²) >= 11 is 0. The van der Waals surface area contributed by atoms with Crippen LogP contribution in [0, 0.1) is 10.1 Å². The lowest BCUT2D eigenvalue weighted by Crippen LogP contribution is -2.32. The lowest BCUT2D eigenvalue weighted by molar-refractivity contribution is -0.384. The number of benzene rings is 1. The summed E-state index contributed by atoms with van der Waals surface area (Å²) in [6, 6.07) is 4.22. The van der Waals surface area contributed by atoms with E-state index in [9.17, 15) is 14.9 Å². The van der Waals surface area contributed by atoms with E-state index in [1.807, 2.05) is 13.8 Å². The molecular weight excluding hydrogens is 274 g/mol. The first kappa shape index (κ1) is 16.9. The van der Waals surface area contributed by atoms with Crippen LogP contribution in [0.4, 0.5) is 11.4 Å². The van der Waals surface area contributed by atoms with Crippen molar-refractivity contribution in [3.8, 4) is 0 Å². The zero-order chi connectivity index (χ0) is 15.8. The number of carbonyl (C=O) groups excluding carboxylic acids is 1. The Morgan fingerprint density at radius 2 is 2.19 bits per heavy atom. The minimum absolute atomic E-state index is 0.109. The molecule has 2 N–H and O–H groups in total. The van der Waals surface area contributed by atoms with Gasteiger partial charge in [0.2, 0.25) is 0 Å². The summed E-state index contributed by atoms with van der Waals surface area (Å²) in [4.78, 5) is 22.5. The van der Waals surface area contributed by atoms with Crippen LogP contribution in [0.5, 0.6) is 0 Å². The van der Waals surface area contributed by atoms with Gasteiger partial charge < -0.3 is 15.4 Å². The number of ether oxygens (including phenoxy) is 1. The molecule has 1 rings (SSSR count).